The monoisotopic (exact) mass is 450 g/mol. The number of aryl methyl sites for hydroxylation is 1. The van der Waals surface area contributed by atoms with Crippen LogP contribution in [0.1, 0.15) is 17.1 Å². The van der Waals surface area contributed by atoms with E-state index in [1.165, 1.54) is 4.90 Å². The molecular formula is C26H30N2O5. The van der Waals surface area contributed by atoms with Crippen LogP contribution in [0, 0.1) is 6.92 Å². The first kappa shape index (κ1) is 24.1. The highest BCUT2D eigenvalue weighted by molar-refractivity contribution is 5.85. The lowest BCUT2D eigenvalue weighted by Gasteiger charge is -2.27. The maximum Gasteiger partial charge on any atom is 0.261 e. The van der Waals surface area contributed by atoms with Crippen molar-refractivity contribution in [3.63, 3.8) is 0 Å². The Hall–Kier alpha value is -3.58. The quantitative estimate of drug-likeness (QED) is 0.421. The van der Waals surface area contributed by atoms with Crippen LogP contribution >= 0.6 is 0 Å². The largest absolute Gasteiger partial charge is 0.484 e. The van der Waals surface area contributed by atoms with Gasteiger partial charge >= 0.3 is 0 Å². The van der Waals surface area contributed by atoms with Crippen LogP contribution in [-0.4, -0.2) is 55.0 Å². The van der Waals surface area contributed by atoms with E-state index in [0.29, 0.717) is 31.2 Å². The Bertz CT molecular complexity index is 1000. The van der Waals surface area contributed by atoms with Crippen LogP contribution in [0.2, 0.25) is 0 Å². The van der Waals surface area contributed by atoms with Crippen LogP contribution in [-0.2, 0) is 27.4 Å². The first-order valence-electron chi connectivity index (χ1n) is 10.9. The number of nitrogens with zero attached hydrogens (tertiary/aromatic N) is 2. The van der Waals surface area contributed by atoms with E-state index in [9.17, 15) is 9.59 Å². The number of para-hydroxylation sites is 1. The van der Waals surface area contributed by atoms with Gasteiger partial charge in [0.05, 0.1) is 19.7 Å². The molecule has 0 bridgehead atoms. The normalized spacial score (nSPS) is 10.6. The SMILES string of the molecule is COCCN(CC(=O)N(Cc1ccccc1)Cc1ccc(C)o1)C(=O)COc1ccccc1. The Morgan fingerprint density at radius 2 is 1.55 bits per heavy atom. The summed E-state index contributed by atoms with van der Waals surface area (Å²) in [6.07, 6.45) is 0. The first-order valence-corrected chi connectivity index (χ1v) is 10.9. The second-order valence-corrected chi connectivity index (χ2v) is 7.66. The van der Waals surface area contributed by atoms with Gasteiger partial charge in [-0.15, -0.1) is 0 Å². The number of methoxy groups -OCH3 is 1. The summed E-state index contributed by atoms with van der Waals surface area (Å²) >= 11 is 0. The summed E-state index contributed by atoms with van der Waals surface area (Å²) in [7, 11) is 1.56. The molecule has 33 heavy (non-hydrogen) atoms. The van der Waals surface area contributed by atoms with Gasteiger partial charge in [0, 0.05) is 20.2 Å². The molecule has 0 spiro atoms. The fourth-order valence-corrected chi connectivity index (χ4v) is 3.30. The summed E-state index contributed by atoms with van der Waals surface area (Å²) in [5, 5.41) is 0. The Labute approximate surface area is 194 Å². The highest BCUT2D eigenvalue weighted by atomic mass is 16.5. The van der Waals surface area contributed by atoms with Crippen molar-refractivity contribution < 1.29 is 23.5 Å². The summed E-state index contributed by atoms with van der Waals surface area (Å²) in [5.41, 5.74) is 0.997. The van der Waals surface area contributed by atoms with Crippen molar-refractivity contribution in [3.05, 3.63) is 89.9 Å². The van der Waals surface area contributed by atoms with Crippen molar-refractivity contribution in [2.75, 3.05) is 33.4 Å². The van der Waals surface area contributed by atoms with Crippen LogP contribution < -0.4 is 4.74 Å². The Kier molecular flexibility index (Phi) is 9.08. The predicted octanol–water partition coefficient (Wildman–Crippen LogP) is 3.67. The zero-order chi connectivity index (χ0) is 23.5. The summed E-state index contributed by atoms with van der Waals surface area (Å²) in [6.45, 7) is 2.97. The summed E-state index contributed by atoms with van der Waals surface area (Å²) in [4.78, 5) is 29.3. The number of hydrogen-bond donors (Lipinski definition) is 0. The Morgan fingerprint density at radius 3 is 2.18 bits per heavy atom. The number of ether oxygens (including phenoxy) is 2. The van der Waals surface area contributed by atoms with Gasteiger partial charge in [-0.05, 0) is 36.8 Å². The highest BCUT2D eigenvalue weighted by Crippen LogP contribution is 2.14. The zero-order valence-electron chi connectivity index (χ0n) is 19.1. The molecule has 0 unspecified atom stereocenters. The van der Waals surface area contributed by atoms with E-state index in [1.54, 1.807) is 24.1 Å². The molecule has 174 valence electrons. The van der Waals surface area contributed by atoms with Gasteiger partial charge in [-0.3, -0.25) is 9.59 Å². The maximum absolute atomic E-state index is 13.3. The summed E-state index contributed by atoms with van der Waals surface area (Å²) in [5.74, 6) is 1.61. The molecule has 2 aromatic carbocycles. The summed E-state index contributed by atoms with van der Waals surface area (Å²) < 4.78 is 16.4. The summed E-state index contributed by atoms with van der Waals surface area (Å²) in [6, 6.07) is 22.6. The van der Waals surface area contributed by atoms with E-state index in [2.05, 4.69) is 0 Å². The number of rotatable bonds is 12. The molecule has 7 heteroatoms. The van der Waals surface area contributed by atoms with Gasteiger partial charge < -0.3 is 23.7 Å². The van der Waals surface area contributed by atoms with Gasteiger partial charge in [-0.25, -0.2) is 0 Å². The lowest BCUT2D eigenvalue weighted by atomic mass is 10.2. The van der Waals surface area contributed by atoms with E-state index < -0.39 is 0 Å². The Morgan fingerprint density at radius 1 is 0.848 bits per heavy atom. The van der Waals surface area contributed by atoms with E-state index in [1.807, 2.05) is 67.6 Å². The van der Waals surface area contributed by atoms with Gasteiger partial charge in [0.25, 0.3) is 5.91 Å². The fourth-order valence-electron chi connectivity index (χ4n) is 3.30. The first-order chi connectivity index (χ1) is 16.0. The fraction of sp³-hybridized carbons (Fsp3) is 0.308. The molecule has 0 aliphatic carbocycles. The number of amides is 2. The number of hydrogen-bond acceptors (Lipinski definition) is 5. The van der Waals surface area contributed by atoms with Crippen LogP contribution in [0.15, 0.2) is 77.2 Å². The van der Waals surface area contributed by atoms with Crippen molar-refractivity contribution in [3.8, 4) is 5.75 Å². The molecule has 0 aliphatic rings. The minimum absolute atomic E-state index is 0.0765. The third-order valence-electron chi connectivity index (χ3n) is 5.06. The van der Waals surface area contributed by atoms with E-state index in [4.69, 9.17) is 13.9 Å². The molecule has 2 amide bonds. The number of benzene rings is 2. The third kappa shape index (κ3) is 7.80. The van der Waals surface area contributed by atoms with Crippen LogP contribution in [0.3, 0.4) is 0 Å². The number of carbonyl (C=O) groups is 2. The molecule has 3 aromatic rings. The molecule has 0 saturated heterocycles. The van der Waals surface area contributed by atoms with E-state index >= 15 is 0 Å². The lowest BCUT2D eigenvalue weighted by Crippen LogP contribution is -2.45. The average molecular weight is 451 g/mol. The lowest BCUT2D eigenvalue weighted by molar-refractivity contribution is -0.143. The molecule has 0 saturated carbocycles. The van der Waals surface area contributed by atoms with Gasteiger partial charge in [-0.2, -0.15) is 0 Å². The Balaban J connectivity index is 1.69. The topological polar surface area (TPSA) is 72.2 Å². The molecule has 1 heterocycles. The van der Waals surface area contributed by atoms with Gasteiger partial charge in [0.1, 0.15) is 17.3 Å². The van der Waals surface area contributed by atoms with Crippen molar-refractivity contribution >= 4 is 11.8 Å². The number of carbonyl (C=O) groups excluding carboxylic acids is 2. The maximum atomic E-state index is 13.3. The van der Waals surface area contributed by atoms with Crippen molar-refractivity contribution in [2.45, 2.75) is 20.0 Å². The molecule has 0 fully saturated rings. The smallest absolute Gasteiger partial charge is 0.261 e. The molecule has 0 N–H and O–H groups in total. The van der Waals surface area contributed by atoms with Crippen LogP contribution in [0.4, 0.5) is 0 Å². The van der Waals surface area contributed by atoms with Crippen molar-refractivity contribution in [1.82, 2.24) is 9.80 Å². The zero-order valence-corrected chi connectivity index (χ0v) is 19.1. The second-order valence-electron chi connectivity index (χ2n) is 7.66. The van der Waals surface area contributed by atoms with Crippen LogP contribution in [0.5, 0.6) is 5.75 Å². The molecule has 3 rings (SSSR count). The standard InChI is InChI=1S/C26H30N2O5/c1-21-13-14-24(33-21)18-28(17-22-9-5-3-6-10-22)25(29)19-27(15-16-31-2)26(30)20-32-23-11-7-4-8-12-23/h3-14H,15-20H2,1-2H3. The van der Waals surface area contributed by atoms with Gasteiger partial charge in [0.2, 0.25) is 5.91 Å². The minimum atomic E-state index is -0.280. The molecule has 0 aliphatic heterocycles. The minimum Gasteiger partial charge on any atom is -0.484 e. The molecule has 0 radical (unpaired) electrons. The number of furan rings is 1. The third-order valence-corrected chi connectivity index (χ3v) is 5.06. The van der Waals surface area contributed by atoms with E-state index in [0.717, 1.165) is 11.3 Å². The van der Waals surface area contributed by atoms with E-state index in [-0.39, 0.29) is 31.5 Å². The molecular weight excluding hydrogens is 420 g/mol. The molecule has 1 aromatic heterocycles. The molecule has 0 atom stereocenters. The van der Waals surface area contributed by atoms with Gasteiger partial charge in [-0.1, -0.05) is 48.5 Å². The van der Waals surface area contributed by atoms with Crippen molar-refractivity contribution in [2.24, 2.45) is 0 Å². The predicted molar refractivity (Wildman–Crippen MR) is 125 cm³/mol. The van der Waals surface area contributed by atoms with Gasteiger partial charge in [0.15, 0.2) is 6.61 Å². The molecule has 7 nitrogen and oxygen atoms in total. The second kappa shape index (κ2) is 12.5. The highest BCUT2D eigenvalue weighted by Gasteiger charge is 2.23. The van der Waals surface area contributed by atoms with Crippen LogP contribution in [0.25, 0.3) is 0 Å². The average Bonchev–Trinajstić information content (AvgIpc) is 3.25. The van der Waals surface area contributed by atoms with Crippen molar-refractivity contribution in [1.29, 1.82) is 0 Å².